The van der Waals surface area contributed by atoms with E-state index in [1.165, 1.54) is 0 Å². The second-order valence-corrected chi connectivity index (χ2v) is 4.55. The van der Waals surface area contributed by atoms with Gasteiger partial charge in [-0.15, -0.1) is 0 Å². The molecule has 0 saturated carbocycles. The summed E-state index contributed by atoms with van der Waals surface area (Å²) in [5, 5.41) is 9.93. The molecule has 5 heteroatoms. The number of aromatic nitrogens is 1. The molecule has 4 N–H and O–H groups in total. The lowest BCUT2D eigenvalue weighted by Crippen LogP contribution is -2.34. The first-order valence-corrected chi connectivity index (χ1v) is 6.44. The molecular formula is C14H19N3O2. The first-order chi connectivity index (χ1) is 9.15. The van der Waals surface area contributed by atoms with Crippen molar-refractivity contribution >= 4 is 22.5 Å². The molecule has 19 heavy (non-hydrogen) atoms. The van der Waals surface area contributed by atoms with Gasteiger partial charge in [-0.25, -0.2) is 0 Å². The summed E-state index contributed by atoms with van der Waals surface area (Å²) in [6.07, 6.45) is 0.860. The molecule has 0 bridgehead atoms. The van der Waals surface area contributed by atoms with Crippen LogP contribution in [0.4, 0.5) is 5.69 Å². The zero-order valence-corrected chi connectivity index (χ0v) is 11.0. The fourth-order valence-corrected chi connectivity index (χ4v) is 2.14. The molecule has 0 aliphatic heterocycles. The molecular weight excluding hydrogens is 242 g/mol. The van der Waals surface area contributed by atoms with E-state index < -0.39 is 0 Å². The number of benzene rings is 1. The maximum atomic E-state index is 12.3. The highest BCUT2D eigenvalue weighted by molar-refractivity contribution is 5.98. The molecule has 0 atom stereocenters. The normalized spacial score (nSPS) is 10.8. The van der Waals surface area contributed by atoms with Gasteiger partial charge in [0.25, 0.3) is 5.91 Å². The number of fused-ring (bicyclic) bond motifs is 1. The van der Waals surface area contributed by atoms with Gasteiger partial charge in [0.1, 0.15) is 5.69 Å². The van der Waals surface area contributed by atoms with Crippen molar-refractivity contribution in [1.82, 2.24) is 9.88 Å². The number of hydrogen-bond acceptors (Lipinski definition) is 3. The highest BCUT2D eigenvalue weighted by atomic mass is 16.3. The topological polar surface area (TPSA) is 82.3 Å². The van der Waals surface area contributed by atoms with Crippen LogP contribution in [0, 0.1) is 0 Å². The second kappa shape index (κ2) is 5.75. The van der Waals surface area contributed by atoms with E-state index in [1.807, 2.05) is 19.1 Å². The Balaban J connectivity index is 2.29. The number of amides is 1. The fraction of sp³-hybridized carbons (Fsp3) is 0.357. The van der Waals surface area contributed by atoms with Crippen LogP contribution in [-0.4, -0.2) is 40.6 Å². The van der Waals surface area contributed by atoms with E-state index in [-0.39, 0.29) is 12.5 Å². The molecule has 0 spiro atoms. The van der Waals surface area contributed by atoms with Gasteiger partial charge >= 0.3 is 0 Å². The molecule has 0 aliphatic carbocycles. The van der Waals surface area contributed by atoms with Gasteiger partial charge in [-0.2, -0.15) is 0 Å². The smallest absolute Gasteiger partial charge is 0.270 e. The number of carbonyl (C=O) groups is 1. The summed E-state index contributed by atoms with van der Waals surface area (Å²) < 4.78 is 0. The standard InChI is InChI=1S/C14H19N3O2/c1-2-5-17(6-7-18)14(19)13-9-10-8-11(15)3-4-12(10)16-13/h3-4,8-9,16,18H,2,5-7,15H2,1H3. The quantitative estimate of drug-likeness (QED) is 0.715. The van der Waals surface area contributed by atoms with Crippen molar-refractivity contribution in [2.75, 3.05) is 25.4 Å². The number of aliphatic hydroxyl groups excluding tert-OH is 1. The van der Waals surface area contributed by atoms with Crippen molar-refractivity contribution in [3.05, 3.63) is 30.0 Å². The summed E-state index contributed by atoms with van der Waals surface area (Å²) in [6, 6.07) is 7.29. The summed E-state index contributed by atoms with van der Waals surface area (Å²) in [7, 11) is 0. The zero-order valence-electron chi connectivity index (χ0n) is 11.0. The number of aliphatic hydroxyl groups is 1. The Morgan fingerprint density at radius 3 is 2.84 bits per heavy atom. The Kier molecular flexibility index (Phi) is 4.06. The first kappa shape index (κ1) is 13.4. The number of hydrogen-bond donors (Lipinski definition) is 3. The predicted molar refractivity (Wildman–Crippen MR) is 76.0 cm³/mol. The third-order valence-electron chi connectivity index (χ3n) is 3.03. The van der Waals surface area contributed by atoms with Crippen LogP contribution < -0.4 is 5.73 Å². The summed E-state index contributed by atoms with van der Waals surface area (Å²) >= 11 is 0. The molecule has 0 aliphatic rings. The number of nitrogens with two attached hydrogens (primary N) is 1. The molecule has 5 nitrogen and oxygen atoms in total. The van der Waals surface area contributed by atoms with Crippen molar-refractivity contribution in [1.29, 1.82) is 0 Å². The van der Waals surface area contributed by atoms with Crippen molar-refractivity contribution in [3.8, 4) is 0 Å². The summed E-state index contributed by atoms with van der Waals surface area (Å²) in [5.41, 5.74) is 7.81. The van der Waals surface area contributed by atoms with Crippen molar-refractivity contribution in [2.24, 2.45) is 0 Å². The molecule has 0 fully saturated rings. The van der Waals surface area contributed by atoms with Crippen LogP contribution >= 0.6 is 0 Å². The van der Waals surface area contributed by atoms with Crippen LogP contribution in [-0.2, 0) is 0 Å². The van der Waals surface area contributed by atoms with E-state index in [2.05, 4.69) is 4.98 Å². The van der Waals surface area contributed by atoms with Gasteiger partial charge in [0.15, 0.2) is 0 Å². The minimum atomic E-state index is -0.0920. The molecule has 1 heterocycles. The van der Waals surface area contributed by atoms with E-state index in [0.717, 1.165) is 17.3 Å². The van der Waals surface area contributed by atoms with Gasteiger partial charge in [-0.05, 0) is 30.7 Å². The van der Waals surface area contributed by atoms with Crippen molar-refractivity contribution in [2.45, 2.75) is 13.3 Å². The Labute approximate surface area is 112 Å². The third-order valence-corrected chi connectivity index (χ3v) is 3.03. The molecule has 1 aromatic heterocycles. The number of nitrogen functional groups attached to an aromatic ring is 1. The van der Waals surface area contributed by atoms with Crippen LogP contribution in [0.5, 0.6) is 0 Å². The van der Waals surface area contributed by atoms with Gasteiger partial charge in [-0.1, -0.05) is 6.92 Å². The molecule has 102 valence electrons. The summed E-state index contributed by atoms with van der Waals surface area (Å²) in [6.45, 7) is 2.96. The van der Waals surface area contributed by atoms with Gasteiger partial charge in [0, 0.05) is 29.7 Å². The number of nitrogens with zero attached hydrogens (tertiary/aromatic N) is 1. The predicted octanol–water partition coefficient (Wildman–Crippen LogP) is 1.59. The van der Waals surface area contributed by atoms with Gasteiger partial charge in [-0.3, -0.25) is 4.79 Å². The van der Waals surface area contributed by atoms with E-state index in [1.54, 1.807) is 17.0 Å². The zero-order chi connectivity index (χ0) is 13.8. The first-order valence-electron chi connectivity index (χ1n) is 6.44. The highest BCUT2D eigenvalue weighted by Crippen LogP contribution is 2.19. The maximum Gasteiger partial charge on any atom is 0.270 e. The average Bonchev–Trinajstić information content (AvgIpc) is 2.80. The molecule has 0 unspecified atom stereocenters. The van der Waals surface area contributed by atoms with Crippen LogP contribution in [0.15, 0.2) is 24.3 Å². The number of anilines is 1. The average molecular weight is 261 g/mol. The van der Waals surface area contributed by atoms with E-state index in [0.29, 0.717) is 24.5 Å². The summed E-state index contributed by atoms with van der Waals surface area (Å²) in [5.74, 6) is -0.0920. The van der Waals surface area contributed by atoms with Crippen molar-refractivity contribution < 1.29 is 9.90 Å². The SMILES string of the molecule is CCCN(CCO)C(=O)c1cc2cc(N)ccc2[nH]1. The Morgan fingerprint density at radius 2 is 2.16 bits per heavy atom. The molecule has 0 radical (unpaired) electrons. The largest absolute Gasteiger partial charge is 0.399 e. The lowest BCUT2D eigenvalue weighted by molar-refractivity contribution is 0.0717. The second-order valence-electron chi connectivity index (χ2n) is 4.55. The monoisotopic (exact) mass is 261 g/mol. The van der Waals surface area contributed by atoms with Gasteiger partial charge in [0.2, 0.25) is 0 Å². The molecule has 0 saturated heterocycles. The van der Waals surface area contributed by atoms with Gasteiger partial charge in [0.05, 0.1) is 6.61 Å². The Bertz CT molecular complexity index is 571. The highest BCUT2D eigenvalue weighted by Gasteiger charge is 2.16. The van der Waals surface area contributed by atoms with Crippen molar-refractivity contribution in [3.63, 3.8) is 0 Å². The lowest BCUT2D eigenvalue weighted by Gasteiger charge is -2.20. The molecule has 2 rings (SSSR count). The van der Waals surface area contributed by atoms with Crippen LogP contribution in [0.2, 0.25) is 0 Å². The number of aromatic amines is 1. The van der Waals surface area contributed by atoms with E-state index in [4.69, 9.17) is 10.8 Å². The van der Waals surface area contributed by atoms with Crippen LogP contribution in [0.3, 0.4) is 0 Å². The Hall–Kier alpha value is -2.01. The molecule has 1 amide bonds. The minimum absolute atomic E-state index is 0.0289. The maximum absolute atomic E-state index is 12.3. The molecule has 2 aromatic rings. The van der Waals surface area contributed by atoms with Crippen LogP contribution in [0.1, 0.15) is 23.8 Å². The minimum Gasteiger partial charge on any atom is -0.399 e. The number of H-pyrrole nitrogens is 1. The third kappa shape index (κ3) is 2.88. The summed E-state index contributed by atoms with van der Waals surface area (Å²) in [4.78, 5) is 17.1. The lowest BCUT2D eigenvalue weighted by atomic mass is 10.2. The Morgan fingerprint density at radius 1 is 1.37 bits per heavy atom. The number of carbonyl (C=O) groups excluding carboxylic acids is 1. The van der Waals surface area contributed by atoms with Crippen LogP contribution in [0.25, 0.3) is 10.9 Å². The van der Waals surface area contributed by atoms with Gasteiger partial charge < -0.3 is 20.7 Å². The van der Waals surface area contributed by atoms with E-state index in [9.17, 15) is 4.79 Å². The number of rotatable bonds is 5. The van der Waals surface area contributed by atoms with E-state index >= 15 is 0 Å². The fourth-order valence-electron chi connectivity index (χ4n) is 2.14. The molecule has 1 aromatic carbocycles. The number of nitrogens with one attached hydrogen (secondary N) is 1.